The van der Waals surface area contributed by atoms with Gasteiger partial charge in [-0.15, -0.1) is 0 Å². The quantitative estimate of drug-likeness (QED) is 0.242. The Morgan fingerprint density at radius 3 is 2.20 bits per heavy atom. The number of quaternary nitrogens is 1. The first-order chi connectivity index (χ1) is 18.9. The summed E-state index contributed by atoms with van der Waals surface area (Å²) in [5.74, 6) is 0.434. The molecule has 222 valence electrons. The largest absolute Gasteiger partial charge is 1.00 e. The molecule has 0 saturated carbocycles. The number of carbonyl (C=O) groups excluding carboxylic acids is 2. The number of rotatable bonds is 15. The van der Waals surface area contributed by atoms with Crippen LogP contribution in [-0.2, 0) is 0 Å². The van der Waals surface area contributed by atoms with Crippen LogP contribution in [0.5, 0.6) is 5.75 Å². The molecule has 1 aliphatic rings. The Morgan fingerprint density at radius 2 is 1.55 bits per heavy atom. The average molecular weight is 617 g/mol. The maximum absolute atomic E-state index is 13.2. The van der Waals surface area contributed by atoms with Crippen LogP contribution in [0.4, 0.5) is 5.69 Å². The predicted molar refractivity (Wildman–Crippen MR) is 161 cm³/mol. The maximum Gasteiger partial charge on any atom is 0.259 e. The van der Waals surface area contributed by atoms with Gasteiger partial charge in [0.1, 0.15) is 5.75 Å². The van der Waals surface area contributed by atoms with Crippen molar-refractivity contribution in [3.63, 3.8) is 0 Å². The van der Waals surface area contributed by atoms with Gasteiger partial charge in [0.2, 0.25) is 0 Å². The first-order valence-corrected chi connectivity index (χ1v) is 15.2. The van der Waals surface area contributed by atoms with Crippen LogP contribution in [0.1, 0.15) is 99.3 Å². The van der Waals surface area contributed by atoms with Gasteiger partial charge in [-0.2, -0.15) is 0 Å². The summed E-state index contributed by atoms with van der Waals surface area (Å²) in [6, 6.07) is 14.9. The number of carbonyl (C=O) groups is 2. The number of ether oxygens (including phenoxy) is 1. The van der Waals surface area contributed by atoms with Gasteiger partial charge in [0.05, 0.1) is 38.3 Å². The number of unbranched alkanes of at least 4 members (excludes halogenated alkanes) is 5. The van der Waals surface area contributed by atoms with Gasteiger partial charge in [-0.1, -0.05) is 58.1 Å². The SMILES string of the molecule is CCCCCCCCOc1ccccc1C(=O)Nc1ccc(C(=O)N(C)C2CC[N+](CC)(CCC)CC2)cc1.[Br-]. The monoisotopic (exact) mass is 615 g/mol. The van der Waals surface area contributed by atoms with E-state index in [1.54, 1.807) is 18.2 Å². The summed E-state index contributed by atoms with van der Waals surface area (Å²) in [7, 11) is 1.93. The van der Waals surface area contributed by atoms with Crippen molar-refractivity contribution < 1.29 is 35.8 Å². The third kappa shape index (κ3) is 9.62. The summed E-state index contributed by atoms with van der Waals surface area (Å²) in [4.78, 5) is 28.2. The van der Waals surface area contributed by atoms with Crippen LogP contribution in [0.15, 0.2) is 48.5 Å². The average Bonchev–Trinajstić information content (AvgIpc) is 2.97. The van der Waals surface area contributed by atoms with E-state index in [1.807, 2.05) is 42.3 Å². The molecule has 0 aromatic heterocycles. The summed E-state index contributed by atoms with van der Waals surface area (Å²) in [6.45, 7) is 12.0. The van der Waals surface area contributed by atoms with Gasteiger partial charge in [0.15, 0.2) is 0 Å². The molecule has 0 spiro atoms. The van der Waals surface area contributed by atoms with Crippen molar-refractivity contribution >= 4 is 17.5 Å². The standard InChI is InChI=1S/C33H49N3O3.BrH/c1-5-8-9-10-11-14-26-39-31-16-13-12-15-30(31)32(37)34-28-19-17-27(18-20-28)33(38)35(4)29-21-24-36(7-3,23-6-2)25-22-29;/h12-13,15-20,29H,5-11,14,21-26H2,1-4H3;1H. The van der Waals surface area contributed by atoms with Gasteiger partial charge in [-0.05, 0) is 56.2 Å². The molecule has 1 heterocycles. The van der Waals surface area contributed by atoms with Crippen molar-refractivity contribution in [1.82, 2.24) is 4.90 Å². The van der Waals surface area contributed by atoms with Gasteiger partial charge in [0.25, 0.3) is 11.8 Å². The normalized spacial score (nSPS) is 18.4. The summed E-state index contributed by atoms with van der Waals surface area (Å²) in [5.41, 5.74) is 1.83. The lowest BCUT2D eigenvalue weighted by atomic mass is 9.99. The van der Waals surface area contributed by atoms with Crippen LogP contribution in [0.2, 0.25) is 0 Å². The van der Waals surface area contributed by atoms with E-state index in [0.717, 1.165) is 38.8 Å². The zero-order valence-corrected chi connectivity index (χ0v) is 26.7. The molecular formula is C33H50BrN3O3. The topological polar surface area (TPSA) is 58.6 Å². The fourth-order valence-corrected chi connectivity index (χ4v) is 5.77. The molecule has 0 unspecified atom stereocenters. The highest BCUT2D eigenvalue weighted by Crippen LogP contribution is 2.25. The zero-order valence-electron chi connectivity index (χ0n) is 25.1. The lowest BCUT2D eigenvalue weighted by Gasteiger charge is -2.45. The Morgan fingerprint density at radius 1 is 0.900 bits per heavy atom. The third-order valence-electron chi connectivity index (χ3n) is 8.39. The third-order valence-corrected chi connectivity index (χ3v) is 8.39. The first-order valence-electron chi connectivity index (χ1n) is 15.2. The Balaban J connectivity index is 0.00000560. The highest BCUT2D eigenvalue weighted by Gasteiger charge is 2.34. The van der Waals surface area contributed by atoms with Crippen LogP contribution in [0, 0.1) is 0 Å². The number of anilines is 1. The Kier molecular flexibility index (Phi) is 14.7. The van der Waals surface area contributed by atoms with Crippen molar-refractivity contribution in [2.24, 2.45) is 0 Å². The van der Waals surface area contributed by atoms with E-state index in [4.69, 9.17) is 4.74 Å². The maximum atomic E-state index is 13.2. The molecule has 1 aliphatic heterocycles. The smallest absolute Gasteiger partial charge is 0.259 e. The van der Waals surface area contributed by atoms with Crippen molar-refractivity contribution in [2.75, 3.05) is 45.2 Å². The summed E-state index contributed by atoms with van der Waals surface area (Å²) >= 11 is 0. The molecule has 0 bridgehead atoms. The van der Waals surface area contributed by atoms with Crippen molar-refractivity contribution in [1.29, 1.82) is 0 Å². The van der Waals surface area contributed by atoms with Crippen molar-refractivity contribution in [2.45, 2.75) is 84.6 Å². The van der Waals surface area contributed by atoms with Crippen LogP contribution >= 0.6 is 0 Å². The van der Waals surface area contributed by atoms with Gasteiger partial charge >= 0.3 is 0 Å². The minimum absolute atomic E-state index is 0. The van der Waals surface area contributed by atoms with Crippen LogP contribution < -0.4 is 27.0 Å². The second-order valence-corrected chi connectivity index (χ2v) is 11.1. The Labute approximate surface area is 252 Å². The summed E-state index contributed by atoms with van der Waals surface area (Å²) < 4.78 is 7.14. The van der Waals surface area contributed by atoms with Gasteiger partial charge in [0, 0.05) is 37.2 Å². The first kappa shape index (κ1) is 33.8. The Bertz CT molecular complexity index is 1040. The number of halogens is 1. The summed E-state index contributed by atoms with van der Waals surface area (Å²) in [5, 5.41) is 2.96. The number of likely N-dealkylation sites (tertiary alicyclic amines) is 1. The number of amides is 2. The molecule has 2 amide bonds. The number of nitrogens with zero attached hydrogens (tertiary/aromatic N) is 2. The van der Waals surface area contributed by atoms with E-state index in [0.29, 0.717) is 29.2 Å². The lowest BCUT2D eigenvalue weighted by molar-refractivity contribution is -0.931. The summed E-state index contributed by atoms with van der Waals surface area (Å²) in [6.07, 6.45) is 10.5. The second-order valence-electron chi connectivity index (χ2n) is 11.1. The molecule has 7 heteroatoms. The molecule has 0 aliphatic carbocycles. The molecule has 0 atom stereocenters. The molecule has 40 heavy (non-hydrogen) atoms. The molecular weight excluding hydrogens is 566 g/mol. The van der Waals surface area contributed by atoms with Crippen LogP contribution in [0.25, 0.3) is 0 Å². The van der Waals surface area contributed by atoms with Crippen molar-refractivity contribution in [3.05, 3.63) is 59.7 Å². The fourth-order valence-electron chi connectivity index (χ4n) is 5.77. The molecule has 2 aromatic carbocycles. The minimum atomic E-state index is -0.212. The number of piperidine rings is 1. The number of hydrogen-bond donors (Lipinski definition) is 1. The van der Waals surface area contributed by atoms with E-state index < -0.39 is 0 Å². The zero-order chi connectivity index (χ0) is 28.1. The lowest BCUT2D eigenvalue weighted by Crippen LogP contribution is -3.00. The highest BCUT2D eigenvalue weighted by atomic mass is 79.9. The molecule has 1 saturated heterocycles. The number of benzene rings is 2. The van der Waals surface area contributed by atoms with E-state index in [2.05, 4.69) is 26.1 Å². The van der Waals surface area contributed by atoms with E-state index in [-0.39, 0.29) is 34.8 Å². The van der Waals surface area contributed by atoms with E-state index >= 15 is 0 Å². The number of nitrogens with one attached hydrogen (secondary N) is 1. The molecule has 3 rings (SSSR count). The number of para-hydroxylation sites is 1. The van der Waals surface area contributed by atoms with Gasteiger partial charge < -0.3 is 36.4 Å². The van der Waals surface area contributed by atoms with Crippen LogP contribution in [0.3, 0.4) is 0 Å². The van der Waals surface area contributed by atoms with E-state index in [9.17, 15) is 9.59 Å². The van der Waals surface area contributed by atoms with Crippen molar-refractivity contribution in [3.8, 4) is 5.75 Å². The fraction of sp³-hybridized carbons (Fsp3) is 0.576. The molecule has 1 fully saturated rings. The van der Waals surface area contributed by atoms with Gasteiger partial charge in [-0.3, -0.25) is 9.59 Å². The molecule has 2 aromatic rings. The predicted octanol–water partition coefficient (Wildman–Crippen LogP) is 4.16. The Hall–Kier alpha value is -2.38. The van der Waals surface area contributed by atoms with E-state index in [1.165, 1.54) is 49.7 Å². The molecule has 6 nitrogen and oxygen atoms in total. The second kappa shape index (κ2) is 17.4. The van der Waals surface area contributed by atoms with Crippen LogP contribution in [-0.4, -0.2) is 67.1 Å². The van der Waals surface area contributed by atoms with Gasteiger partial charge in [-0.25, -0.2) is 0 Å². The number of hydrogen-bond acceptors (Lipinski definition) is 3. The molecule has 1 N–H and O–H groups in total. The minimum Gasteiger partial charge on any atom is -1.00 e. The highest BCUT2D eigenvalue weighted by molar-refractivity contribution is 6.06. The molecule has 0 radical (unpaired) electrons.